The average molecular weight is 331 g/mol. The van der Waals surface area contributed by atoms with Gasteiger partial charge in [-0.15, -0.1) is 24.9 Å². The molecule has 23 heavy (non-hydrogen) atoms. The standard InChI is InChI=1S/C19H25NO2S/c1-4-10-19(3,20-11-13-22-14-12-20)18(21)16-6-8-17(9-7-16)23-15-5-2/h4-9H,1-2,10-15H2,3H3. The molecule has 0 N–H and O–H groups in total. The summed E-state index contributed by atoms with van der Waals surface area (Å²) in [6, 6.07) is 7.87. The van der Waals surface area contributed by atoms with Crippen molar-refractivity contribution >= 4 is 17.5 Å². The highest BCUT2D eigenvalue weighted by Gasteiger charge is 2.39. The summed E-state index contributed by atoms with van der Waals surface area (Å²) < 4.78 is 5.42. The Hall–Kier alpha value is -1.36. The van der Waals surface area contributed by atoms with Crippen LogP contribution in [0.15, 0.2) is 54.5 Å². The number of hydrogen-bond acceptors (Lipinski definition) is 4. The number of rotatable bonds is 8. The Morgan fingerprint density at radius 2 is 1.91 bits per heavy atom. The maximum Gasteiger partial charge on any atom is 0.183 e. The van der Waals surface area contributed by atoms with Gasteiger partial charge in [0, 0.05) is 29.3 Å². The SMILES string of the molecule is C=CCSc1ccc(C(=O)C(C)(CC=C)N2CCOCC2)cc1. The molecule has 1 saturated heterocycles. The van der Waals surface area contributed by atoms with Crippen LogP contribution in [-0.4, -0.2) is 48.3 Å². The second kappa shape index (κ2) is 8.48. The van der Waals surface area contributed by atoms with Crippen LogP contribution < -0.4 is 0 Å². The van der Waals surface area contributed by atoms with E-state index in [-0.39, 0.29) is 5.78 Å². The van der Waals surface area contributed by atoms with Gasteiger partial charge in [-0.3, -0.25) is 9.69 Å². The highest BCUT2D eigenvalue weighted by molar-refractivity contribution is 7.99. The second-order valence-corrected chi connectivity index (χ2v) is 6.91. The number of ether oxygens (including phenoxy) is 1. The molecule has 0 amide bonds. The topological polar surface area (TPSA) is 29.5 Å². The lowest BCUT2D eigenvalue weighted by molar-refractivity contribution is -0.00871. The molecule has 0 spiro atoms. The minimum atomic E-state index is -0.554. The van der Waals surface area contributed by atoms with Gasteiger partial charge in [0.15, 0.2) is 5.78 Å². The number of benzene rings is 1. The molecule has 1 fully saturated rings. The van der Waals surface area contributed by atoms with E-state index in [1.807, 2.05) is 43.3 Å². The van der Waals surface area contributed by atoms with Gasteiger partial charge < -0.3 is 4.74 Å². The summed E-state index contributed by atoms with van der Waals surface area (Å²) >= 11 is 1.71. The van der Waals surface area contributed by atoms with Crippen molar-refractivity contribution < 1.29 is 9.53 Å². The molecule has 1 atom stereocenters. The molecule has 0 saturated carbocycles. The largest absolute Gasteiger partial charge is 0.379 e. The quantitative estimate of drug-likeness (QED) is 0.411. The van der Waals surface area contributed by atoms with Gasteiger partial charge in [0.05, 0.1) is 18.8 Å². The number of Topliss-reactive ketones (excluding diaryl/α,β-unsaturated/α-hetero) is 1. The number of hydrogen-bond donors (Lipinski definition) is 0. The van der Waals surface area contributed by atoms with Crippen LogP contribution in [0.3, 0.4) is 0 Å². The molecule has 1 aromatic carbocycles. The molecule has 2 rings (SSSR count). The van der Waals surface area contributed by atoms with Crippen molar-refractivity contribution in [3.8, 4) is 0 Å². The van der Waals surface area contributed by atoms with Crippen molar-refractivity contribution in [2.45, 2.75) is 23.8 Å². The van der Waals surface area contributed by atoms with Gasteiger partial charge in [0.25, 0.3) is 0 Å². The molecule has 1 heterocycles. The van der Waals surface area contributed by atoms with E-state index in [1.165, 1.54) is 0 Å². The summed E-state index contributed by atoms with van der Waals surface area (Å²) in [7, 11) is 0. The summed E-state index contributed by atoms with van der Waals surface area (Å²) in [4.78, 5) is 16.5. The molecular weight excluding hydrogens is 306 g/mol. The predicted octanol–water partition coefficient (Wildman–Crippen LogP) is 3.81. The third-order valence-corrected chi connectivity index (χ3v) is 5.23. The first kappa shape index (κ1) is 18.0. The van der Waals surface area contributed by atoms with Crippen LogP contribution in [0.5, 0.6) is 0 Å². The Bertz CT molecular complexity index is 549. The fourth-order valence-corrected chi connectivity index (χ4v) is 3.51. The van der Waals surface area contributed by atoms with Crippen LogP contribution in [-0.2, 0) is 4.74 Å². The van der Waals surface area contributed by atoms with Gasteiger partial charge in [-0.1, -0.05) is 24.3 Å². The van der Waals surface area contributed by atoms with Crippen molar-refractivity contribution in [1.29, 1.82) is 0 Å². The van der Waals surface area contributed by atoms with E-state index < -0.39 is 5.54 Å². The Kier molecular flexibility index (Phi) is 6.63. The molecule has 3 nitrogen and oxygen atoms in total. The molecule has 4 heteroatoms. The Balaban J connectivity index is 2.19. The fourth-order valence-electron chi connectivity index (χ4n) is 2.87. The normalized spacial score (nSPS) is 18.1. The Labute approximate surface area is 143 Å². The monoisotopic (exact) mass is 331 g/mol. The maximum absolute atomic E-state index is 13.1. The average Bonchev–Trinajstić information content (AvgIpc) is 2.60. The maximum atomic E-state index is 13.1. The molecule has 0 bridgehead atoms. The van der Waals surface area contributed by atoms with E-state index in [0.29, 0.717) is 19.6 Å². The summed E-state index contributed by atoms with van der Waals surface area (Å²) in [5.41, 5.74) is 0.199. The van der Waals surface area contributed by atoms with E-state index >= 15 is 0 Å². The Morgan fingerprint density at radius 1 is 1.26 bits per heavy atom. The number of morpholine rings is 1. The van der Waals surface area contributed by atoms with Crippen LogP contribution in [0.2, 0.25) is 0 Å². The smallest absolute Gasteiger partial charge is 0.183 e. The van der Waals surface area contributed by atoms with Crippen LogP contribution in [0, 0.1) is 0 Å². The third-order valence-electron chi connectivity index (χ3n) is 4.22. The van der Waals surface area contributed by atoms with E-state index in [4.69, 9.17) is 4.74 Å². The molecule has 0 radical (unpaired) electrons. The van der Waals surface area contributed by atoms with E-state index in [2.05, 4.69) is 18.1 Å². The van der Waals surface area contributed by atoms with Crippen molar-refractivity contribution in [2.24, 2.45) is 0 Å². The first-order valence-electron chi connectivity index (χ1n) is 7.94. The molecule has 0 aliphatic carbocycles. The fraction of sp³-hybridized carbons (Fsp3) is 0.421. The predicted molar refractivity (Wildman–Crippen MR) is 97.3 cm³/mol. The Morgan fingerprint density at radius 3 is 2.48 bits per heavy atom. The van der Waals surface area contributed by atoms with Crippen LogP contribution >= 0.6 is 11.8 Å². The highest BCUT2D eigenvalue weighted by atomic mass is 32.2. The van der Waals surface area contributed by atoms with E-state index in [9.17, 15) is 4.79 Å². The van der Waals surface area contributed by atoms with Crippen LogP contribution in [0.25, 0.3) is 0 Å². The van der Waals surface area contributed by atoms with E-state index in [0.717, 1.165) is 29.3 Å². The summed E-state index contributed by atoms with van der Waals surface area (Å²) in [6.07, 6.45) is 4.35. The third kappa shape index (κ3) is 4.34. The molecular formula is C19H25NO2S. The number of carbonyl (C=O) groups excluding carboxylic acids is 1. The molecule has 124 valence electrons. The second-order valence-electron chi connectivity index (χ2n) is 5.82. The lowest BCUT2D eigenvalue weighted by atomic mass is 9.86. The van der Waals surface area contributed by atoms with Crippen molar-refractivity contribution in [3.05, 3.63) is 55.1 Å². The van der Waals surface area contributed by atoms with Gasteiger partial charge in [-0.2, -0.15) is 0 Å². The van der Waals surface area contributed by atoms with E-state index in [1.54, 1.807) is 11.8 Å². The minimum Gasteiger partial charge on any atom is -0.379 e. The van der Waals surface area contributed by atoms with Gasteiger partial charge in [0.2, 0.25) is 0 Å². The van der Waals surface area contributed by atoms with Crippen LogP contribution in [0.1, 0.15) is 23.7 Å². The summed E-state index contributed by atoms with van der Waals surface area (Å²) in [6.45, 7) is 12.5. The lowest BCUT2D eigenvalue weighted by Crippen LogP contribution is -2.56. The zero-order valence-electron chi connectivity index (χ0n) is 13.8. The molecule has 1 aliphatic rings. The lowest BCUT2D eigenvalue weighted by Gasteiger charge is -2.41. The van der Waals surface area contributed by atoms with Crippen LogP contribution in [0.4, 0.5) is 0 Å². The first-order chi connectivity index (χ1) is 11.1. The zero-order chi connectivity index (χ0) is 16.7. The van der Waals surface area contributed by atoms with Crippen molar-refractivity contribution in [3.63, 3.8) is 0 Å². The molecule has 0 aromatic heterocycles. The van der Waals surface area contributed by atoms with Gasteiger partial charge in [0.1, 0.15) is 0 Å². The molecule has 1 unspecified atom stereocenters. The number of nitrogens with zero attached hydrogens (tertiary/aromatic N) is 1. The summed E-state index contributed by atoms with van der Waals surface area (Å²) in [5, 5.41) is 0. The molecule has 1 aliphatic heterocycles. The zero-order valence-corrected chi connectivity index (χ0v) is 14.6. The number of ketones is 1. The number of carbonyl (C=O) groups is 1. The van der Waals surface area contributed by atoms with Crippen molar-refractivity contribution in [1.82, 2.24) is 4.90 Å². The number of thioether (sulfide) groups is 1. The molecule has 1 aromatic rings. The van der Waals surface area contributed by atoms with Gasteiger partial charge in [-0.25, -0.2) is 0 Å². The highest BCUT2D eigenvalue weighted by Crippen LogP contribution is 2.27. The van der Waals surface area contributed by atoms with Gasteiger partial charge in [-0.05, 0) is 25.5 Å². The van der Waals surface area contributed by atoms with Gasteiger partial charge >= 0.3 is 0 Å². The first-order valence-corrected chi connectivity index (χ1v) is 8.92. The van der Waals surface area contributed by atoms with Crippen molar-refractivity contribution in [2.75, 3.05) is 32.1 Å². The summed E-state index contributed by atoms with van der Waals surface area (Å²) in [5.74, 6) is 1.02. The minimum absolute atomic E-state index is 0.152.